The molecule has 3 unspecified atom stereocenters. The average molecular weight is 183 g/mol. The van der Waals surface area contributed by atoms with E-state index in [1.54, 1.807) is 0 Å². The second-order valence-electron chi connectivity index (χ2n) is 3.87. The molecule has 4 nitrogen and oxygen atoms in total. The van der Waals surface area contributed by atoms with Gasteiger partial charge in [0.1, 0.15) is 0 Å². The standard InChI is InChI=1S/C9H17N3O/c1-6-2-3-8(13-6)7-4-5-11-9(10)12-7/h6-8H,2-5H2,1H3,(H3,10,11,12). The quantitative estimate of drug-likeness (QED) is 0.612. The number of hydrogen-bond donors (Lipinski definition) is 2. The topological polar surface area (TPSA) is 59.6 Å². The van der Waals surface area contributed by atoms with Crippen molar-refractivity contribution < 1.29 is 4.74 Å². The number of aliphatic imine (C=N–C) groups is 1. The minimum absolute atomic E-state index is 0.337. The maximum Gasteiger partial charge on any atom is 0.188 e. The molecule has 2 rings (SSSR count). The summed E-state index contributed by atoms with van der Waals surface area (Å²) in [5, 5.41) is 3.18. The number of rotatable bonds is 1. The van der Waals surface area contributed by atoms with E-state index < -0.39 is 0 Å². The fourth-order valence-electron chi connectivity index (χ4n) is 2.04. The van der Waals surface area contributed by atoms with Crippen molar-refractivity contribution in [3.8, 4) is 0 Å². The summed E-state index contributed by atoms with van der Waals surface area (Å²) in [7, 11) is 0. The van der Waals surface area contributed by atoms with Crippen molar-refractivity contribution in [3.05, 3.63) is 0 Å². The Hall–Kier alpha value is -0.770. The second-order valence-corrected chi connectivity index (χ2v) is 3.87. The van der Waals surface area contributed by atoms with E-state index in [2.05, 4.69) is 17.2 Å². The zero-order valence-corrected chi connectivity index (χ0v) is 7.99. The average Bonchev–Trinajstić information content (AvgIpc) is 2.52. The Labute approximate surface area is 78.5 Å². The van der Waals surface area contributed by atoms with Crippen LogP contribution >= 0.6 is 0 Å². The van der Waals surface area contributed by atoms with E-state index in [1.807, 2.05) is 0 Å². The molecule has 3 N–H and O–H groups in total. The van der Waals surface area contributed by atoms with E-state index in [9.17, 15) is 0 Å². The molecular formula is C9H17N3O. The molecule has 1 fully saturated rings. The van der Waals surface area contributed by atoms with Crippen LogP contribution in [-0.4, -0.2) is 30.8 Å². The van der Waals surface area contributed by atoms with Crippen LogP contribution in [0.25, 0.3) is 0 Å². The summed E-state index contributed by atoms with van der Waals surface area (Å²) in [5.41, 5.74) is 5.61. The molecule has 1 saturated heterocycles. The molecule has 0 radical (unpaired) electrons. The van der Waals surface area contributed by atoms with Crippen LogP contribution in [0.1, 0.15) is 26.2 Å². The number of nitrogens with one attached hydrogen (secondary N) is 1. The van der Waals surface area contributed by atoms with Crippen LogP contribution in [0.2, 0.25) is 0 Å². The van der Waals surface area contributed by atoms with E-state index in [0.717, 1.165) is 19.4 Å². The highest BCUT2D eigenvalue weighted by Crippen LogP contribution is 2.23. The molecule has 13 heavy (non-hydrogen) atoms. The van der Waals surface area contributed by atoms with Crippen LogP contribution in [0.4, 0.5) is 0 Å². The first-order valence-electron chi connectivity index (χ1n) is 4.97. The van der Waals surface area contributed by atoms with Gasteiger partial charge in [-0.25, -0.2) is 0 Å². The molecule has 4 heteroatoms. The summed E-state index contributed by atoms with van der Waals surface area (Å²) in [6.45, 7) is 2.96. The van der Waals surface area contributed by atoms with Gasteiger partial charge in [0.05, 0.1) is 18.2 Å². The van der Waals surface area contributed by atoms with Crippen molar-refractivity contribution in [1.82, 2.24) is 5.32 Å². The van der Waals surface area contributed by atoms with Gasteiger partial charge >= 0.3 is 0 Å². The van der Waals surface area contributed by atoms with E-state index in [4.69, 9.17) is 10.5 Å². The third-order valence-electron chi connectivity index (χ3n) is 2.77. The van der Waals surface area contributed by atoms with Crippen LogP contribution in [0.5, 0.6) is 0 Å². The summed E-state index contributed by atoms with van der Waals surface area (Å²) in [6.07, 6.45) is 4.10. The molecule has 2 heterocycles. The van der Waals surface area contributed by atoms with Gasteiger partial charge in [-0.2, -0.15) is 0 Å². The Morgan fingerprint density at radius 3 is 2.92 bits per heavy atom. The maximum atomic E-state index is 5.78. The zero-order chi connectivity index (χ0) is 9.26. The van der Waals surface area contributed by atoms with Crippen LogP contribution in [-0.2, 0) is 4.74 Å². The third-order valence-corrected chi connectivity index (χ3v) is 2.77. The van der Waals surface area contributed by atoms with Crippen molar-refractivity contribution >= 4 is 5.96 Å². The highest BCUT2D eigenvalue weighted by atomic mass is 16.5. The lowest BCUT2D eigenvalue weighted by Crippen LogP contribution is -2.49. The molecule has 0 amide bonds. The van der Waals surface area contributed by atoms with Crippen molar-refractivity contribution in [3.63, 3.8) is 0 Å². The number of nitrogens with zero attached hydrogens (tertiary/aromatic N) is 1. The van der Waals surface area contributed by atoms with Crippen LogP contribution in [0.3, 0.4) is 0 Å². The first-order valence-corrected chi connectivity index (χ1v) is 4.97. The fraction of sp³-hybridized carbons (Fsp3) is 0.889. The molecule has 0 aromatic carbocycles. The highest BCUT2D eigenvalue weighted by Gasteiger charge is 2.30. The van der Waals surface area contributed by atoms with E-state index in [-0.39, 0.29) is 0 Å². The molecule has 0 bridgehead atoms. The zero-order valence-electron chi connectivity index (χ0n) is 7.99. The minimum atomic E-state index is 0.337. The first kappa shape index (κ1) is 8.81. The second kappa shape index (κ2) is 3.54. The van der Waals surface area contributed by atoms with Crippen molar-refractivity contribution in [1.29, 1.82) is 0 Å². The Bertz CT molecular complexity index is 217. The smallest absolute Gasteiger partial charge is 0.188 e. The monoisotopic (exact) mass is 183 g/mol. The lowest BCUT2D eigenvalue weighted by Gasteiger charge is -2.27. The van der Waals surface area contributed by atoms with Gasteiger partial charge in [0.25, 0.3) is 0 Å². The highest BCUT2D eigenvalue weighted by molar-refractivity contribution is 5.78. The molecule has 0 aromatic heterocycles. The maximum absolute atomic E-state index is 5.78. The molecule has 74 valence electrons. The SMILES string of the molecule is CC1CCC(C2CCN=C(N)N2)O1. The predicted molar refractivity (Wildman–Crippen MR) is 51.6 cm³/mol. The molecule has 2 aliphatic heterocycles. The summed E-state index contributed by atoms with van der Waals surface area (Å²) < 4.78 is 5.78. The van der Waals surface area contributed by atoms with E-state index >= 15 is 0 Å². The number of ether oxygens (including phenoxy) is 1. The van der Waals surface area contributed by atoms with Gasteiger partial charge in [-0.15, -0.1) is 0 Å². The Morgan fingerprint density at radius 2 is 2.31 bits per heavy atom. The molecule has 2 aliphatic rings. The molecule has 0 spiro atoms. The van der Waals surface area contributed by atoms with Crippen LogP contribution in [0, 0.1) is 0 Å². The van der Waals surface area contributed by atoms with Gasteiger partial charge in [0.15, 0.2) is 5.96 Å². The van der Waals surface area contributed by atoms with Crippen LogP contribution < -0.4 is 11.1 Å². The van der Waals surface area contributed by atoms with E-state index in [1.165, 1.54) is 6.42 Å². The van der Waals surface area contributed by atoms with Gasteiger partial charge in [0, 0.05) is 6.54 Å². The first-order chi connectivity index (χ1) is 6.25. The number of guanidine groups is 1. The molecule has 0 aliphatic carbocycles. The molecule has 0 saturated carbocycles. The Kier molecular flexibility index (Phi) is 2.40. The van der Waals surface area contributed by atoms with E-state index in [0.29, 0.717) is 24.2 Å². The van der Waals surface area contributed by atoms with Crippen molar-refractivity contribution in [2.45, 2.75) is 44.4 Å². The van der Waals surface area contributed by atoms with Crippen molar-refractivity contribution in [2.75, 3.05) is 6.54 Å². The van der Waals surface area contributed by atoms with Gasteiger partial charge in [-0.05, 0) is 26.2 Å². The summed E-state index contributed by atoms with van der Waals surface area (Å²) in [4.78, 5) is 4.10. The largest absolute Gasteiger partial charge is 0.373 e. The van der Waals surface area contributed by atoms with Crippen LogP contribution in [0.15, 0.2) is 4.99 Å². The third kappa shape index (κ3) is 1.94. The molecule has 3 atom stereocenters. The lowest BCUT2D eigenvalue weighted by molar-refractivity contribution is 0.0338. The summed E-state index contributed by atoms with van der Waals surface area (Å²) >= 11 is 0. The summed E-state index contributed by atoms with van der Waals surface area (Å²) in [6, 6.07) is 0.377. The van der Waals surface area contributed by atoms with Gasteiger partial charge in [0.2, 0.25) is 0 Å². The minimum Gasteiger partial charge on any atom is -0.373 e. The van der Waals surface area contributed by atoms with Gasteiger partial charge in [-0.3, -0.25) is 4.99 Å². The van der Waals surface area contributed by atoms with Crippen molar-refractivity contribution in [2.24, 2.45) is 10.7 Å². The fourth-order valence-corrected chi connectivity index (χ4v) is 2.04. The number of hydrogen-bond acceptors (Lipinski definition) is 4. The molecular weight excluding hydrogens is 166 g/mol. The Balaban J connectivity index is 1.91. The molecule has 0 aromatic rings. The predicted octanol–water partition coefficient (Wildman–Crippen LogP) is 0.231. The van der Waals surface area contributed by atoms with Gasteiger partial charge < -0.3 is 15.8 Å². The Morgan fingerprint density at radius 1 is 1.46 bits per heavy atom. The lowest BCUT2D eigenvalue weighted by atomic mass is 10.0. The number of nitrogens with two attached hydrogens (primary N) is 1. The summed E-state index contributed by atoms with van der Waals surface area (Å²) in [5.74, 6) is 0.569. The normalized spacial score (nSPS) is 39.8. The van der Waals surface area contributed by atoms with Gasteiger partial charge in [-0.1, -0.05) is 0 Å².